The summed E-state index contributed by atoms with van der Waals surface area (Å²) in [5.74, 6) is -0.303. The van der Waals surface area contributed by atoms with E-state index in [0.29, 0.717) is 11.0 Å². The molecule has 0 amide bonds. The number of hydrogen-bond donors (Lipinski definition) is 0. The van der Waals surface area contributed by atoms with E-state index in [1.807, 2.05) is 30.3 Å². The van der Waals surface area contributed by atoms with E-state index in [0.717, 1.165) is 16.6 Å². The number of alkyl halides is 1. The summed E-state index contributed by atoms with van der Waals surface area (Å²) in [6.45, 7) is 0. The summed E-state index contributed by atoms with van der Waals surface area (Å²) >= 11 is 3.30. The Bertz CT molecular complexity index is 708. The van der Waals surface area contributed by atoms with Gasteiger partial charge in [-0.2, -0.15) is 0 Å². The molecule has 0 unspecified atom stereocenters. The monoisotopic (exact) mass is 305 g/mol. The summed E-state index contributed by atoms with van der Waals surface area (Å²) in [5, 5.41) is 8.64. The largest absolute Gasteiger partial charge is 0.210 e. The van der Waals surface area contributed by atoms with Crippen molar-refractivity contribution < 1.29 is 4.39 Å². The second-order valence-electron chi connectivity index (χ2n) is 3.91. The second kappa shape index (κ2) is 4.49. The van der Waals surface area contributed by atoms with Crippen molar-refractivity contribution in [3.8, 4) is 5.69 Å². The van der Waals surface area contributed by atoms with Gasteiger partial charge >= 0.3 is 0 Å². The molecule has 0 bridgehead atoms. The minimum Gasteiger partial charge on any atom is -0.210 e. The van der Waals surface area contributed by atoms with Gasteiger partial charge in [-0.05, 0) is 29.8 Å². The average Bonchev–Trinajstić information content (AvgIpc) is 2.82. The van der Waals surface area contributed by atoms with E-state index in [1.54, 1.807) is 6.07 Å². The summed E-state index contributed by atoms with van der Waals surface area (Å²) in [7, 11) is 0. The first-order valence-corrected chi connectivity index (χ1v) is 6.57. The van der Waals surface area contributed by atoms with Crippen molar-refractivity contribution in [3.63, 3.8) is 0 Å². The lowest BCUT2D eigenvalue weighted by Gasteiger charge is -2.05. The van der Waals surface area contributed by atoms with E-state index < -0.39 is 0 Å². The minimum absolute atomic E-state index is 0.303. The highest BCUT2D eigenvalue weighted by Gasteiger charge is 2.10. The van der Waals surface area contributed by atoms with Crippen LogP contribution in [-0.2, 0) is 5.33 Å². The molecule has 0 radical (unpaired) electrons. The van der Waals surface area contributed by atoms with E-state index in [1.165, 1.54) is 10.7 Å². The average molecular weight is 306 g/mol. The molecule has 2 aromatic carbocycles. The third kappa shape index (κ3) is 1.80. The van der Waals surface area contributed by atoms with Crippen LogP contribution < -0.4 is 0 Å². The number of nitrogens with zero attached hydrogens (tertiary/aromatic N) is 3. The summed E-state index contributed by atoms with van der Waals surface area (Å²) in [6, 6.07) is 12.6. The Balaban J connectivity index is 2.20. The molecule has 1 aromatic heterocycles. The smallest absolute Gasteiger partial charge is 0.149 e. The molecule has 3 aromatic rings. The molecule has 0 aliphatic carbocycles. The standard InChI is InChI=1S/C13H9BrFN3/c14-8-9-5-6-12(10(15)7-9)18-13-4-2-1-3-11(13)16-17-18/h1-7H,8H2. The highest BCUT2D eigenvalue weighted by Crippen LogP contribution is 2.20. The summed E-state index contributed by atoms with van der Waals surface area (Å²) in [5.41, 5.74) is 2.85. The molecule has 1 heterocycles. The van der Waals surface area contributed by atoms with Gasteiger partial charge in [0.2, 0.25) is 0 Å². The van der Waals surface area contributed by atoms with Gasteiger partial charge in [-0.15, -0.1) is 5.10 Å². The van der Waals surface area contributed by atoms with Crippen molar-refractivity contribution in [1.82, 2.24) is 15.0 Å². The highest BCUT2D eigenvalue weighted by molar-refractivity contribution is 9.08. The first-order chi connectivity index (χ1) is 8.79. The maximum absolute atomic E-state index is 14.0. The third-order valence-corrected chi connectivity index (χ3v) is 3.39. The van der Waals surface area contributed by atoms with Gasteiger partial charge in [-0.25, -0.2) is 9.07 Å². The number of rotatable bonds is 2. The molecule has 5 heteroatoms. The molecule has 3 nitrogen and oxygen atoms in total. The Morgan fingerprint density at radius 2 is 2.00 bits per heavy atom. The van der Waals surface area contributed by atoms with Crippen molar-refractivity contribution in [1.29, 1.82) is 0 Å². The lowest BCUT2D eigenvalue weighted by molar-refractivity contribution is 0.608. The van der Waals surface area contributed by atoms with Gasteiger partial charge in [0, 0.05) is 5.33 Å². The van der Waals surface area contributed by atoms with Gasteiger partial charge in [0.25, 0.3) is 0 Å². The van der Waals surface area contributed by atoms with Crippen molar-refractivity contribution in [2.45, 2.75) is 5.33 Å². The van der Waals surface area contributed by atoms with E-state index in [4.69, 9.17) is 0 Å². The van der Waals surface area contributed by atoms with Crippen LogP contribution >= 0.6 is 15.9 Å². The normalized spacial score (nSPS) is 11.0. The van der Waals surface area contributed by atoms with Gasteiger partial charge in [-0.3, -0.25) is 0 Å². The molecular formula is C13H9BrFN3. The molecule has 0 aliphatic heterocycles. The molecule has 0 saturated heterocycles. The predicted octanol–water partition coefficient (Wildman–Crippen LogP) is 3.45. The van der Waals surface area contributed by atoms with Crippen molar-refractivity contribution in [2.24, 2.45) is 0 Å². The van der Waals surface area contributed by atoms with Gasteiger partial charge < -0.3 is 0 Å². The zero-order valence-corrected chi connectivity index (χ0v) is 10.9. The van der Waals surface area contributed by atoms with Crippen molar-refractivity contribution in [3.05, 3.63) is 53.8 Å². The predicted molar refractivity (Wildman–Crippen MR) is 71.5 cm³/mol. The van der Waals surface area contributed by atoms with Gasteiger partial charge in [0.05, 0.1) is 5.52 Å². The Kier molecular flexibility index (Phi) is 2.83. The van der Waals surface area contributed by atoms with Crippen molar-refractivity contribution >= 4 is 27.0 Å². The van der Waals surface area contributed by atoms with Crippen LogP contribution in [0.25, 0.3) is 16.7 Å². The Morgan fingerprint density at radius 1 is 1.17 bits per heavy atom. The number of para-hydroxylation sites is 1. The van der Waals surface area contributed by atoms with Gasteiger partial charge in [0.15, 0.2) is 0 Å². The molecule has 0 N–H and O–H groups in total. The van der Waals surface area contributed by atoms with Crippen LogP contribution in [0.3, 0.4) is 0 Å². The van der Waals surface area contributed by atoms with Crippen LogP contribution in [0, 0.1) is 5.82 Å². The van der Waals surface area contributed by atoms with Gasteiger partial charge in [-0.1, -0.05) is 39.3 Å². The maximum Gasteiger partial charge on any atom is 0.149 e. The number of halogens is 2. The van der Waals surface area contributed by atoms with Crippen LogP contribution in [0.4, 0.5) is 4.39 Å². The number of benzene rings is 2. The quantitative estimate of drug-likeness (QED) is 0.679. The van der Waals surface area contributed by atoms with Crippen LogP contribution in [0.2, 0.25) is 0 Å². The highest BCUT2D eigenvalue weighted by atomic mass is 79.9. The molecule has 0 fully saturated rings. The third-order valence-electron chi connectivity index (χ3n) is 2.75. The van der Waals surface area contributed by atoms with Crippen LogP contribution in [0.5, 0.6) is 0 Å². The SMILES string of the molecule is Fc1cc(CBr)ccc1-n1nnc2ccccc21. The fourth-order valence-corrected chi connectivity index (χ4v) is 2.20. The maximum atomic E-state index is 14.0. The lowest BCUT2D eigenvalue weighted by atomic mass is 10.2. The van der Waals surface area contributed by atoms with E-state index in [2.05, 4.69) is 26.2 Å². The fourth-order valence-electron chi connectivity index (χ4n) is 1.85. The summed E-state index contributed by atoms with van der Waals surface area (Å²) in [4.78, 5) is 0. The lowest BCUT2D eigenvalue weighted by Crippen LogP contribution is -2.00. The van der Waals surface area contributed by atoms with Crippen molar-refractivity contribution in [2.75, 3.05) is 0 Å². The van der Waals surface area contributed by atoms with E-state index in [-0.39, 0.29) is 5.82 Å². The summed E-state index contributed by atoms with van der Waals surface area (Å²) < 4.78 is 15.5. The molecule has 3 rings (SSSR count). The van der Waals surface area contributed by atoms with E-state index >= 15 is 0 Å². The van der Waals surface area contributed by atoms with Gasteiger partial charge in [0.1, 0.15) is 17.0 Å². The molecular weight excluding hydrogens is 297 g/mol. The second-order valence-corrected chi connectivity index (χ2v) is 4.47. The Labute approximate surface area is 111 Å². The minimum atomic E-state index is -0.303. The molecule has 0 saturated carbocycles. The van der Waals surface area contributed by atoms with Crippen LogP contribution in [-0.4, -0.2) is 15.0 Å². The number of fused-ring (bicyclic) bond motifs is 1. The number of hydrogen-bond acceptors (Lipinski definition) is 2. The Morgan fingerprint density at radius 3 is 2.78 bits per heavy atom. The first kappa shape index (κ1) is 11.3. The Hall–Kier alpha value is -1.75. The van der Waals surface area contributed by atoms with E-state index in [9.17, 15) is 4.39 Å². The molecule has 90 valence electrons. The zero-order chi connectivity index (χ0) is 12.5. The topological polar surface area (TPSA) is 30.7 Å². The molecule has 0 spiro atoms. The summed E-state index contributed by atoms with van der Waals surface area (Å²) in [6.07, 6.45) is 0. The zero-order valence-electron chi connectivity index (χ0n) is 9.35. The molecule has 18 heavy (non-hydrogen) atoms. The molecule has 0 aliphatic rings. The van der Waals surface area contributed by atoms with Crippen LogP contribution in [0.1, 0.15) is 5.56 Å². The fraction of sp³-hybridized carbons (Fsp3) is 0.0769. The molecule has 0 atom stereocenters. The number of aromatic nitrogens is 3. The van der Waals surface area contributed by atoms with Crippen LogP contribution in [0.15, 0.2) is 42.5 Å². The first-order valence-electron chi connectivity index (χ1n) is 5.45.